The molecule has 0 spiro atoms. The summed E-state index contributed by atoms with van der Waals surface area (Å²) in [6.07, 6.45) is -0.796. The van der Waals surface area contributed by atoms with E-state index in [1.54, 1.807) is 60.7 Å². The number of benzene rings is 3. The van der Waals surface area contributed by atoms with E-state index in [1.807, 2.05) is 37.3 Å². The summed E-state index contributed by atoms with van der Waals surface area (Å²) < 4.78 is 31.3. The molecule has 192 valence electrons. The average molecular weight is 513 g/mol. The standard InChI is InChI=1S/C27H33N2O6P/c1-22(20-28-21-23-13-7-4-8-14-23)19-26(27(2,3)29(30)31)35-36(32,33-24-15-9-5-10-16-24)34-25-17-11-6-12-18-25/h4-18,22,26,28H,19-21H2,1-3H3/t22-,26-/m1/s1. The van der Waals surface area contributed by atoms with Gasteiger partial charge >= 0.3 is 7.82 Å². The van der Waals surface area contributed by atoms with E-state index in [4.69, 9.17) is 13.6 Å². The Kier molecular flexibility index (Phi) is 9.65. The van der Waals surface area contributed by atoms with Crippen LogP contribution in [0.4, 0.5) is 0 Å². The van der Waals surface area contributed by atoms with Gasteiger partial charge in [-0.15, -0.1) is 0 Å². The van der Waals surface area contributed by atoms with Crippen molar-refractivity contribution >= 4 is 7.82 Å². The van der Waals surface area contributed by atoms with Crippen LogP contribution in [0.5, 0.6) is 11.5 Å². The predicted octanol–water partition coefficient (Wildman–Crippen LogP) is 6.51. The van der Waals surface area contributed by atoms with Gasteiger partial charge in [-0.25, -0.2) is 4.57 Å². The third-order valence-electron chi connectivity index (χ3n) is 5.72. The molecule has 0 unspecified atom stereocenters. The molecule has 0 aliphatic rings. The van der Waals surface area contributed by atoms with Gasteiger partial charge in [0.15, 0.2) is 0 Å². The highest BCUT2D eigenvalue weighted by atomic mass is 31.2. The first-order chi connectivity index (χ1) is 17.2. The Balaban J connectivity index is 1.78. The second kappa shape index (κ2) is 12.7. The lowest BCUT2D eigenvalue weighted by molar-refractivity contribution is -0.572. The average Bonchev–Trinajstić information content (AvgIpc) is 2.85. The Morgan fingerprint density at radius 3 is 1.83 bits per heavy atom. The quantitative estimate of drug-likeness (QED) is 0.149. The molecule has 2 atom stereocenters. The number of hydrogen-bond acceptors (Lipinski definition) is 7. The first-order valence-electron chi connectivity index (χ1n) is 11.8. The molecule has 0 amide bonds. The second-order valence-electron chi connectivity index (χ2n) is 9.22. The van der Waals surface area contributed by atoms with Crippen molar-refractivity contribution in [3.8, 4) is 11.5 Å². The second-order valence-corrected chi connectivity index (χ2v) is 10.7. The van der Waals surface area contributed by atoms with Crippen LogP contribution in [0.25, 0.3) is 0 Å². The number of rotatable bonds is 14. The van der Waals surface area contributed by atoms with E-state index in [9.17, 15) is 14.7 Å². The molecule has 0 aromatic heterocycles. The SMILES string of the molecule is C[C@@H](CNCc1ccccc1)C[C@@H](OP(=O)(Oc1ccccc1)Oc1ccccc1)C(C)(C)[N+](=O)[O-]. The Labute approximate surface area is 212 Å². The summed E-state index contributed by atoms with van der Waals surface area (Å²) in [7, 11) is -4.31. The molecule has 0 fully saturated rings. The topological polar surface area (TPSA) is 99.9 Å². The summed E-state index contributed by atoms with van der Waals surface area (Å²) in [6.45, 7) is 6.13. The van der Waals surface area contributed by atoms with Crippen molar-refractivity contribution in [2.45, 2.75) is 45.4 Å². The summed E-state index contributed by atoms with van der Waals surface area (Å²) >= 11 is 0. The van der Waals surface area contributed by atoms with Crippen molar-refractivity contribution in [3.63, 3.8) is 0 Å². The Morgan fingerprint density at radius 1 is 0.889 bits per heavy atom. The lowest BCUT2D eigenvalue weighted by atomic mass is 9.90. The molecule has 36 heavy (non-hydrogen) atoms. The van der Waals surface area contributed by atoms with Crippen LogP contribution in [-0.2, 0) is 15.6 Å². The van der Waals surface area contributed by atoms with Crippen molar-refractivity contribution in [1.29, 1.82) is 0 Å². The van der Waals surface area contributed by atoms with E-state index >= 15 is 0 Å². The molecule has 0 heterocycles. The van der Waals surface area contributed by atoms with E-state index in [2.05, 4.69) is 5.32 Å². The fourth-order valence-electron chi connectivity index (χ4n) is 3.52. The molecule has 0 aliphatic carbocycles. The Bertz CT molecular complexity index is 1080. The lowest BCUT2D eigenvalue weighted by Crippen LogP contribution is -2.46. The highest BCUT2D eigenvalue weighted by Crippen LogP contribution is 2.52. The fraction of sp³-hybridized carbons (Fsp3) is 0.333. The predicted molar refractivity (Wildman–Crippen MR) is 140 cm³/mol. The highest BCUT2D eigenvalue weighted by Gasteiger charge is 2.48. The van der Waals surface area contributed by atoms with Gasteiger partial charge in [-0.2, -0.15) is 0 Å². The van der Waals surface area contributed by atoms with Gasteiger partial charge in [-0.1, -0.05) is 73.7 Å². The van der Waals surface area contributed by atoms with Crippen LogP contribution in [0, 0.1) is 16.0 Å². The molecular weight excluding hydrogens is 479 g/mol. The van der Waals surface area contributed by atoms with Crippen molar-refractivity contribution in [2.75, 3.05) is 6.54 Å². The number of hydrogen-bond donors (Lipinski definition) is 1. The number of nitro groups is 1. The zero-order valence-electron chi connectivity index (χ0n) is 20.8. The maximum Gasteiger partial charge on any atom is 0.588 e. The van der Waals surface area contributed by atoms with Crippen LogP contribution in [-0.4, -0.2) is 23.1 Å². The maximum absolute atomic E-state index is 13.9. The van der Waals surface area contributed by atoms with Gasteiger partial charge in [0.2, 0.25) is 5.54 Å². The summed E-state index contributed by atoms with van der Waals surface area (Å²) in [4.78, 5) is 11.6. The van der Waals surface area contributed by atoms with Gasteiger partial charge < -0.3 is 14.4 Å². The minimum atomic E-state index is -4.31. The fourth-order valence-corrected chi connectivity index (χ4v) is 5.06. The van der Waals surface area contributed by atoms with Crippen LogP contribution >= 0.6 is 7.82 Å². The largest absolute Gasteiger partial charge is 0.588 e. The number of para-hydroxylation sites is 2. The minimum absolute atomic E-state index is 0.0279. The van der Waals surface area contributed by atoms with E-state index in [0.29, 0.717) is 13.1 Å². The van der Waals surface area contributed by atoms with Crippen molar-refractivity contribution < 1.29 is 23.1 Å². The van der Waals surface area contributed by atoms with Crippen LogP contribution in [0.3, 0.4) is 0 Å². The molecule has 3 aromatic rings. The van der Waals surface area contributed by atoms with Gasteiger partial charge in [0.1, 0.15) is 17.6 Å². The Hall–Kier alpha value is -3.19. The van der Waals surface area contributed by atoms with Crippen molar-refractivity contribution in [1.82, 2.24) is 5.32 Å². The number of nitrogens with zero attached hydrogens (tertiary/aromatic N) is 1. The molecule has 3 rings (SSSR count). The lowest BCUT2D eigenvalue weighted by Gasteiger charge is -2.31. The van der Waals surface area contributed by atoms with Crippen LogP contribution in [0.2, 0.25) is 0 Å². The smallest absolute Gasteiger partial charge is 0.395 e. The molecule has 0 bridgehead atoms. The summed E-state index contributed by atoms with van der Waals surface area (Å²) in [5.41, 5.74) is -0.413. The molecule has 8 nitrogen and oxygen atoms in total. The van der Waals surface area contributed by atoms with Gasteiger partial charge in [0.05, 0.1) is 0 Å². The van der Waals surface area contributed by atoms with E-state index < -0.39 is 24.4 Å². The third kappa shape index (κ3) is 8.19. The molecule has 1 N–H and O–H groups in total. The van der Waals surface area contributed by atoms with Gasteiger partial charge in [-0.05, 0) is 48.7 Å². The third-order valence-corrected chi connectivity index (χ3v) is 7.10. The molecule has 0 saturated heterocycles. The summed E-state index contributed by atoms with van der Waals surface area (Å²) in [5, 5.41) is 15.4. The van der Waals surface area contributed by atoms with Crippen LogP contribution < -0.4 is 14.4 Å². The first-order valence-corrected chi connectivity index (χ1v) is 13.3. The van der Waals surface area contributed by atoms with Crippen LogP contribution in [0.15, 0.2) is 91.0 Å². The summed E-state index contributed by atoms with van der Waals surface area (Å²) in [6, 6.07) is 26.9. The number of phosphoric ester groups is 1. The van der Waals surface area contributed by atoms with E-state index in [-0.39, 0.29) is 23.8 Å². The van der Waals surface area contributed by atoms with E-state index in [1.165, 1.54) is 13.8 Å². The van der Waals surface area contributed by atoms with Crippen molar-refractivity contribution in [3.05, 3.63) is 107 Å². The zero-order chi connectivity index (χ0) is 26.0. The molecule has 3 aromatic carbocycles. The summed E-state index contributed by atoms with van der Waals surface area (Å²) in [5.74, 6) is 0.513. The number of nitrogens with one attached hydrogen (secondary N) is 1. The molecule has 9 heteroatoms. The molecule has 0 saturated carbocycles. The highest BCUT2D eigenvalue weighted by molar-refractivity contribution is 7.49. The van der Waals surface area contributed by atoms with Gasteiger partial charge in [-0.3, -0.25) is 14.6 Å². The molecular formula is C27H33N2O6P. The monoisotopic (exact) mass is 512 g/mol. The maximum atomic E-state index is 13.9. The molecule has 0 aliphatic heterocycles. The zero-order valence-corrected chi connectivity index (χ0v) is 21.7. The Morgan fingerprint density at radius 2 is 1.36 bits per heavy atom. The first kappa shape index (κ1) is 27.4. The molecule has 0 radical (unpaired) electrons. The van der Waals surface area contributed by atoms with Gasteiger partial charge in [0.25, 0.3) is 0 Å². The van der Waals surface area contributed by atoms with Gasteiger partial charge in [0, 0.05) is 25.3 Å². The van der Waals surface area contributed by atoms with Crippen LogP contribution in [0.1, 0.15) is 32.8 Å². The minimum Gasteiger partial charge on any atom is -0.395 e. The van der Waals surface area contributed by atoms with E-state index in [0.717, 1.165) is 5.56 Å². The number of phosphoric acid groups is 1. The normalized spacial score (nSPS) is 13.5. The van der Waals surface area contributed by atoms with Crippen molar-refractivity contribution in [2.24, 2.45) is 5.92 Å².